The van der Waals surface area contributed by atoms with Crippen LogP contribution in [0.4, 0.5) is 5.69 Å². The Kier molecular flexibility index (Phi) is 4.80. The van der Waals surface area contributed by atoms with E-state index in [-0.39, 0.29) is 18.3 Å². The minimum atomic E-state index is -0.782. The second kappa shape index (κ2) is 7.43. The first kappa shape index (κ1) is 18.7. The van der Waals surface area contributed by atoms with Crippen molar-refractivity contribution in [1.29, 1.82) is 0 Å². The lowest BCUT2D eigenvalue weighted by atomic mass is 10.1. The molecule has 0 fully saturated rings. The third-order valence-corrected chi connectivity index (χ3v) is 4.97. The number of hydrogen-bond acceptors (Lipinski definition) is 5. The Bertz CT molecular complexity index is 1130. The standard InChI is InChI=1S/C22H21N3O4/c1-13-5-4-6-14(2)21(13)23-22(27)15(3)25-20(26)10-8-17(24-25)16-7-9-18-19(11-16)29-12-28-18/h4-11,15H,12H2,1-3H3,(H,23,27). The van der Waals surface area contributed by atoms with Crippen molar-refractivity contribution in [2.75, 3.05) is 12.1 Å². The number of hydrogen-bond donors (Lipinski definition) is 1. The van der Waals surface area contributed by atoms with E-state index in [1.165, 1.54) is 10.7 Å². The third kappa shape index (κ3) is 3.59. The summed E-state index contributed by atoms with van der Waals surface area (Å²) in [7, 11) is 0. The lowest BCUT2D eigenvalue weighted by molar-refractivity contribution is -0.119. The Hall–Kier alpha value is -3.61. The molecule has 7 nitrogen and oxygen atoms in total. The smallest absolute Gasteiger partial charge is 0.267 e. The van der Waals surface area contributed by atoms with Crippen molar-refractivity contribution in [3.05, 3.63) is 70.0 Å². The zero-order valence-corrected chi connectivity index (χ0v) is 16.4. The van der Waals surface area contributed by atoms with Gasteiger partial charge >= 0.3 is 0 Å². The number of nitrogens with zero attached hydrogens (tertiary/aromatic N) is 2. The molecule has 29 heavy (non-hydrogen) atoms. The molecule has 0 radical (unpaired) electrons. The molecule has 0 bridgehead atoms. The average molecular weight is 391 g/mol. The highest BCUT2D eigenvalue weighted by molar-refractivity contribution is 5.94. The Morgan fingerprint density at radius 1 is 1.07 bits per heavy atom. The summed E-state index contributed by atoms with van der Waals surface area (Å²) >= 11 is 0. The Labute approximate surface area is 167 Å². The summed E-state index contributed by atoms with van der Waals surface area (Å²) < 4.78 is 11.9. The summed E-state index contributed by atoms with van der Waals surface area (Å²) in [6.45, 7) is 5.69. The van der Waals surface area contributed by atoms with E-state index < -0.39 is 6.04 Å². The van der Waals surface area contributed by atoms with Crippen molar-refractivity contribution in [3.8, 4) is 22.8 Å². The van der Waals surface area contributed by atoms with Crippen LogP contribution in [-0.2, 0) is 4.79 Å². The minimum absolute atomic E-state index is 0.182. The quantitative estimate of drug-likeness (QED) is 0.737. The van der Waals surface area contributed by atoms with Gasteiger partial charge in [-0.15, -0.1) is 0 Å². The molecule has 2 aromatic carbocycles. The average Bonchev–Trinajstić information content (AvgIpc) is 3.18. The number of ether oxygens (including phenoxy) is 2. The van der Waals surface area contributed by atoms with E-state index in [4.69, 9.17) is 9.47 Å². The number of carbonyl (C=O) groups excluding carboxylic acids is 1. The maximum atomic E-state index is 12.8. The molecule has 0 saturated heterocycles. The van der Waals surface area contributed by atoms with E-state index >= 15 is 0 Å². The van der Waals surface area contributed by atoms with Gasteiger partial charge in [-0.25, -0.2) is 4.68 Å². The van der Waals surface area contributed by atoms with Crippen molar-refractivity contribution >= 4 is 11.6 Å². The summed E-state index contributed by atoms with van der Waals surface area (Å²) in [6, 6.07) is 13.5. The Balaban J connectivity index is 1.63. The normalized spacial score (nSPS) is 13.2. The van der Waals surface area contributed by atoms with Crippen LogP contribution in [0.1, 0.15) is 24.1 Å². The van der Waals surface area contributed by atoms with Crippen LogP contribution in [-0.4, -0.2) is 22.5 Å². The molecule has 1 aliphatic rings. The van der Waals surface area contributed by atoms with Gasteiger partial charge in [-0.05, 0) is 56.2 Å². The van der Waals surface area contributed by atoms with Gasteiger partial charge in [-0.3, -0.25) is 9.59 Å². The van der Waals surface area contributed by atoms with Crippen molar-refractivity contribution in [3.63, 3.8) is 0 Å². The fourth-order valence-corrected chi connectivity index (χ4v) is 3.26. The first-order chi connectivity index (χ1) is 13.9. The Morgan fingerprint density at radius 2 is 1.79 bits per heavy atom. The monoisotopic (exact) mass is 391 g/mol. The van der Waals surface area contributed by atoms with Gasteiger partial charge in [0.1, 0.15) is 6.04 Å². The fraction of sp³-hybridized carbons (Fsp3) is 0.227. The molecule has 1 atom stereocenters. The highest BCUT2D eigenvalue weighted by Crippen LogP contribution is 2.35. The zero-order chi connectivity index (χ0) is 20.5. The molecule has 0 aliphatic carbocycles. The number of aryl methyl sites for hydroxylation is 2. The second-order valence-electron chi connectivity index (χ2n) is 7.00. The van der Waals surface area contributed by atoms with Gasteiger partial charge < -0.3 is 14.8 Å². The number of anilines is 1. The minimum Gasteiger partial charge on any atom is -0.454 e. The molecule has 1 unspecified atom stereocenters. The third-order valence-electron chi connectivity index (χ3n) is 4.97. The number of fused-ring (bicyclic) bond motifs is 1. The molecule has 148 valence electrons. The SMILES string of the molecule is Cc1cccc(C)c1NC(=O)C(C)n1nc(-c2ccc3c(c2)OCO3)ccc1=O. The number of amides is 1. The van der Waals surface area contributed by atoms with Crippen LogP contribution >= 0.6 is 0 Å². The predicted octanol–water partition coefficient (Wildman–Crippen LogP) is 3.46. The van der Waals surface area contributed by atoms with Gasteiger partial charge in [0, 0.05) is 17.3 Å². The molecule has 0 spiro atoms. The molecule has 3 aromatic rings. The largest absolute Gasteiger partial charge is 0.454 e. The zero-order valence-electron chi connectivity index (χ0n) is 16.4. The van der Waals surface area contributed by atoms with E-state index in [0.29, 0.717) is 17.2 Å². The molecule has 1 amide bonds. The van der Waals surface area contributed by atoms with Crippen molar-refractivity contribution in [2.45, 2.75) is 26.8 Å². The highest BCUT2D eigenvalue weighted by atomic mass is 16.7. The molecule has 1 N–H and O–H groups in total. The van der Waals surface area contributed by atoms with Crippen LogP contribution in [0.15, 0.2) is 53.3 Å². The van der Waals surface area contributed by atoms with Crippen LogP contribution in [0.2, 0.25) is 0 Å². The van der Waals surface area contributed by atoms with Gasteiger partial charge in [-0.2, -0.15) is 5.10 Å². The molecule has 7 heteroatoms. The molecular weight excluding hydrogens is 370 g/mol. The predicted molar refractivity (Wildman–Crippen MR) is 109 cm³/mol. The summed E-state index contributed by atoms with van der Waals surface area (Å²) in [4.78, 5) is 25.2. The molecule has 4 rings (SSSR count). The molecule has 2 heterocycles. The van der Waals surface area contributed by atoms with Crippen LogP contribution in [0.25, 0.3) is 11.3 Å². The molecule has 0 saturated carbocycles. The van der Waals surface area contributed by atoms with Crippen LogP contribution in [0, 0.1) is 13.8 Å². The van der Waals surface area contributed by atoms with Crippen molar-refractivity contribution in [2.24, 2.45) is 0 Å². The van der Waals surface area contributed by atoms with Gasteiger partial charge in [0.05, 0.1) is 5.69 Å². The van der Waals surface area contributed by atoms with E-state index in [1.54, 1.807) is 25.1 Å². The van der Waals surface area contributed by atoms with E-state index in [2.05, 4.69) is 10.4 Å². The maximum absolute atomic E-state index is 12.8. The van der Waals surface area contributed by atoms with Gasteiger partial charge in [0.2, 0.25) is 12.7 Å². The van der Waals surface area contributed by atoms with Gasteiger partial charge in [0.15, 0.2) is 11.5 Å². The Morgan fingerprint density at radius 3 is 2.55 bits per heavy atom. The topological polar surface area (TPSA) is 82.5 Å². The summed E-state index contributed by atoms with van der Waals surface area (Å²) in [5, 5.41) is 7.34. The fourth-order valence-electron chi connectivity index (χ4n) is 3.26. The van der Waals surface area contributed by atoms with Crippen molar-refractivity contribution in [1.82, 2.24) is 9.78 Å². The summed E-state index contributed by atoms with van der Waals surface area (Å²) in [5.74, 6) is 0.992. The number of benzene rings is 2. The van der Waals surface area contributed by atoms with Crippen LogP contribution in [0.5, 0.6) is 11.5 Å². The molecular formula is C22H21N3O4. The first-order valence-electron chi connectivity index (χ1n) is 9.31. The number of nitrogens with one attached hydrogen (secondary N) is 1. The number of rotatable bonds is 4. The van der Waals surface area contributed by atoms with Gasteiger partial charge in [-0.1, -0.05) is 18.2 Å². The molecule has 1 aromatic heterocycles. The van der Waals surface area contributed by atoms with Crippen LogP contribution in [0.3, 0.4) is 0 Å². The highest BCUT2D eigenvalue weighted by Gasteiger charge is 2.20. The lowest BCUT2D eigenvalue weighted by Crippen LogP contribution is -2.33. The van der Waals surface area contributed by atoms with E-state index in [0.717, 1.165) is 22.4 Å². The summed E-state index contributed by atoms with van der Waals surface area (Å²) in [6.07, 6.45) is 0. The van der Waals surface area contributed by atoms with Gasteiger partial charge in [0.25, 0.3) is 5.56 Å². The number of para-hydroxylation sites is 1. The van der Waals surface area contributed by atoms with Crippen molar-refractivity contribution < 1.29 is 14.3 Å². The van der Waals surface area contributed by atoms with E-state index in [1.807, 2.05) is 38.1 Å². The second-order valence-corrected chi connectivity index (χ2v) is 7.00. The van der Waals surface area contributed by atoms with Crippen LogP contribution < -0.4 is 20.3 Å². The summed E-state index contributed by atoms with van der Waals surface area (Å²) in [5.41, 5.74) is 3.66. The molecule has 1 aliphatic heterocycles. The lowest BCUT2D eigenvalue weighted by Gasteiger charge is -2.17. The first-order valence-corrected chi connectivity index (χ1v) is 9.31. The van der Waals surface area contributed by atoms with E-state index in [9.17, 15) is 9.59 Å². The number of carbonyl (C=O) groups is 1. The maximum Gasteiger partial charge on any atom is 0.267 e. The number of aromatic nitrogens is 2.